The van der Waals surface area contributed by atoms with E-state index in [1.54, 1.807) is 0 Å². The molecule has 0 radical (unpaired) electrons. The van der Waals surface area contributed by atoms with Crippen LogP contribution in [0.5, 0.6) is 5.75 Å². The van der Waals surface area contributed by atoms with E-state index in [9.17, 15) is 0 Å². The summed E-state index contributed by atoms with van der Waals surface area (Å²) in [5.41, 5.74) is 2.58. The van der Waals surface area contributed by atoms with Crippen LogP contribution in [0.25, 0.3) is 0 Å². The summed E-state index contributed by atoms with van der Waals surface area (Å²) in [6.45, 7) is 9.48. The molecule has 2 nitrogen and oxygen atoms in total. The molecule has 1 aliphatic rings. The zero-order valence-electron chi connectivity index (χ0n) is 10.9. The average Bonchev–Trinajstić information content (AvgIpc) is 2.59. The number of nitrogens with one attached hydrogen (secondary N) is 1. The van der Waals surface area contributed by atoms with Crippen LogP contribution >= 0.6 is 15.9 Å². The molecule has 1 N–H and O–H groups in total. The van der Waals surface area contributed by atoms with E-state index in [4.69, 9.17) is 4.74 Å². The van der Waals surface area contributed by atoms with Crippen molar-refractivity contribution in [2.75, 3.05) is 6.61 Å². The van der Waals surface area contributed by atoms with Gasteiger partial charge >= 0.3 is 0 Å². The second-order valence-corrected chi connectivity index (χ2v) is 6.17. The van der Waals surface area contributed by atoms with E-state index in [0.29, 0.717) is 18.0 Å². The van der Waals surface area contributed by atoms with E-state index in [-0.39, 0.29) is 0 Å². The topological polar surface area (TPSA) is 21.3 Å². The fourth-order valence-electron chi connectivity index (χ4n) is 2.29. The molecule has 0 fully saturated rings. The second kappa shape index (κ2) is 4.99. The smallest absolute Gasteiger partial charge is 0.127 e. The molecule has 0 saturated carbocycles. The maximum Gasteiger partial charge on any atom is 0.127 e. The van der Waals surface area contributed by atoms with Gasteiger partial charge in [-0.05, 0) is 23.6 Å². The Morgan fingerprint density at radius 1 is 1.29 bits per heavy atom. The molecule has 2 rings (SSSR count). The van der Waals surface area contributed by atoms with Crippen LogP contribution in [0.3, 0.4) is 0 Å². The van der Waals surface area contributed by atoms with Gasteiger partial charge in [0, 0.05) is 16.1 Å². The normalized spacial score (nSPS) is 18.6. The van der Waals surface area contributed by atoms with Gasteiger partial charge < -0.3 is 10.1 Å². The van der Waals surface area contributed by atoms with Crippen LogP contribution in [0.15, 0.2) is 16.6 Å². The summed E-state index contributed by atoms with van der Waals surface area (Å²) in [7, 11) is 0. The first-order chi connectivity index (χ1) is 7.99. The number of ether oxygens (including phenoxy) is 1. The SMILES string of the molecule is CC(C)NC1COc2c(C(C)C)cc(Br)cc21. The molecule has 1 aromatic carbocycles. The minimum absolute atomic E-state index is 0.319. The van der Waals surface area contributed by atoms with Crippen LogP contribution in [0.2, 0.25) is 0 Å². The molecule has 0 bridgehead atoms. The van der Waals surface area contributed by atoms with Crippen LogP contribution in [-0.4, -0.2) is 12.6 Å². The molecule has 17 heavy (non-hydrogen) atoms. The van der Waals surface area contributed by atoms with Crippen molar-refractivity contribution >= 4 is 15.9 Å². The summed E-state index contributed by atoms with van der Waals surface area (Å²) in [5.74, 6) is 1.57. The molecule has 0 saturated heterocycles. The first-order valence-electron chi connectivity index (χ1n) is 6.21. The van der Waals surface area contributed by atoms with E-state index in [2.05, 4.69) is 61.1 Å². The lowest BCUT2D eigenvalue weighted by molar-refractivity contribution is 0.300. The molecule has 1 unspecified atom stereocenters. The summed E-state index contributed by atoms with van der Waals surface area (Å²) >= 11 is 3.59. The number of hydrogen-bond acceptors (Lipinski definition) is 2. The summed E-state index contributed by atoms with van der Waals surface area (Å²) in [6, 6.07) is 5.13. The van der Waals surface area contributed by atoms with Crippen LogP contribution in [0.1, 0.15) is 50.8 Å². The Morgan fingerprint density at radius 2 is 2.00 bits per heavy atom. The lowest BCUT2D eigenvalue weighted by Gasteiger charge is -2.16. The highest BCUT2D eigenvalue weighted by atomic mass is 79.9. The molecule has 0 aliphatic carbocycles. The third kappa shape index (κ3) is 2.66. The quantitative estimate of drug-likeness (QED) is 0.910. The zero-order chi connectivity index (χ0) is 12.6. The lowest BCUT2D eigenvalue weighted by Crippen LogP contribution is -2.28. The maximum atomic E-state index is 5.88. The van der Waals surface area contributed by atoms with Crippen molar-refractivity contribution in [1.82, 2.24) is 5.32 Å². The third-order valence-electron chi connectivity index (χ3n) is 3.04. The fraction of sp³-hybridized carbons (Fsp3) is 0.571. The van der Waals surface area contributed by atoms with Gasteiger partial charge in [-0.3, -0.25) is 0 Å². The van der Waals surface area contributed by atoms with E-state index in [1.807, 2.05) is 0 Å². The van der Waals surface area contributed by atoms with E-state index in [0.717, 1.165) is 16.8 Å². The van der Waals surface area contributed by atoms with Gasteiger partial charge in [-0.15, -0.1) is 0 Å². The summed E-state index contributed by atoms with van der Waals surface area (Å²) in [6.07, 6.45) is 0. The average molecular weight is 298 g/mol. The summed E-state index contributed by atoms with van der Waals surface area (Å²) < 4.78 is 7.02. The van der Waals surface area contributed by atoms with Crippen LogP contribution < -0.4 is 10.1 Å². The highest BCUT2D eigenvalue weighted by Gasteiger charge is 2.28. The predicted octanol–water partition coefficient (Wildman–Crippen LogP) is 4.00. The Kier molecular flexibility index (Phi) is 3.79. The molecular weight excluding hydrogens is 278 g/mol. The van der Waals surface area contributed by atoms with Gasteiger partial charge in [0.15, 0.2) is 0 Å². The van der Waals surface area contributed by atoms with E-state index >= 15 is 0 Å². The van der Waals surface area contributed by atoms with Crippen molar-refractivity contribution in [2.45, 2.75) is 45.7 Å². The zero-order valence-corrected chi connectivity index (χ0v) is 12.5. The largest absolute Gasteiger partial charge is 0.491 e. The third-order valence-corrected chi connectivity index (χ3v) is 3.50. The molecule has 3 heteroatoms. The molecule has 94 valence electrons. The Morgan fingerprint density at radius 3 is 2.59 bits per heavy atom. The second-order valence-electron chi connectivity index (χ2n) is 5.25. The monoisotopic (exact) mass is 297 g/mol. The minimum atomic E-state index is 0.319. The number of rotatable bonds is 3. The van der Waals surface area contributed by atoms with Crippen molar-refractivity contribution in [3.8, 4) is 5.75 Å². The van der Waals surface area contributed by atoms with E-state index < -0.39 is 0 Å². The van der Waals surface area contributed by atoms with Gasteiger partial charge in [0.05, 0.1) is 6.04 Å². The maximum absolute atomic E-state index is 5.88. The van der Waals surface area contributed by atoms with Gasteiger partial charge in [0.2, 0.25) is 0 Å². The van der Waals surface area contributed by atoms with Gasteiger partial charge in [-0.1, -0.05) is 43.6 Å². The van der Waals surface area contributed by atoms with Crippen LogP contribution in [0, 0.1) is 0 Å². The Hall–Kier alpha value is -0.540. The molecule has 1 aromatic rings. The molecule has 1 atom stereocenters. The van der Waals surface area contributed by atoms with Gasteiger partial charge in [-0.25, -0.2) is 0 Å². The van der Waals surface area contributed by atoms with Gasteiger partial charge in [0.25, 0.3) is 0 Å². The highest BCUT2D eigenvalue weighted by Crippen LogP contribution is 2.41. The molecule has 0 aromatic heterocycles. The van der Waals surface area contributed by atoms with Crippen LogP contribution in [0.4, 0.5) is 0 Å². The number of halogens is 1. The molecule has 1 heterocycles. The first-order valence-corrected chi connectivity index (χ1v) is 7.00. The van der Waals surface area contributed by atoms with Gasteiger partial charge in [-0.2, -0.15) is 0 Å². The number of fused-ring (bicyclic) bond motifs is 1. The lowest BCUT2D eigenvalue weighted by atomic mass is 9.97. The number of hydrogen-bond donors (Lipinski definition) is 1. The van der Waals surface area contributed by atoms with Crippen molar-refractivity contribution < 1.29 is 4.74 Å². The highest BCUT2D eigenvalue weighted by molar-refractivity contribution is 9.10. The van der Waals surface area contributed by atoms with Gasteiger partial charge in [0.1, 0.15) is 12.4 Å². The van der Waals surface area contributed by atoms with Crippen LogP contribution in [-0.2, 0) is 0 Å². The Balaban J connectivity index is 2.39. The Bertz CT molecular complexity index is 415. The van der Waals surface area contributed by atoms with E-state index in [1.165, 1.54) is 11.1 Å². The standard InChI is InChI=1S/C14H20BrNO/c1-8(2)11-5-10(15)6-12-13(16-9(3)4)7-17-14(11)12/h5-6,8-9,13,16H,7H2,1-4H3. The predicted molar refractivity (Wildman–Crippen MR) is 74.7 cm³/mol. The van der Waals surface area contributed by atoms with Crippen molar-refractivity contribution in [1.29, 1.82) is 0 Å². The Labute approximate surface area is 112 Å². The first kappa shape index (κ1) is 12.9. The van der Waals surface area contributed by atoms with Crippen molar-refractivity contribution in [2.24, 2.45) is 0 Å². The fourth-order valence-corrected chi connectivity index (χ4v) is 2.78. The molecule has 0 amide bonds. The summed E-state index contributed by atoms with van der Waals surface area (Å²) in [4.78, 5) is 0. The molecule has 1 aliphatic heterocycles. The minimum Gasteiger partial charge on any atom is -0.491 e. The molecular formula is C14H20BrNO. The summed E-state index contributed by atoms with van der Waals surface area (Å²) in [5, 5.41) is 3.55. The van der Waals surface area contributed by atoms with Crippen molar-refractivity contribution in [3.05, 3.63) is 27.7 Å². The molecule has 0 spiro atoms. The van der Waals surface area contributed by atoms with Crippen molar-refractivity contribution in [3.63, 3.8) is 0 Å². The number of benzene rings is 1.